The van der Waals surface area contributed by atoms with Crippen molar-refractivity contribution in [2.24, 2.45) is 7.05 Å². The molecule has 0 aliphatic carbocycles. The number of carbonyl (C=O) groups excluding carboxylic acids is 2. The number of anilines is 1. The summed E-state index contributed by atoms with van der Waals surface area (Å²) in [5.74, 6) is 2.01. The smallest absolute Gasteiger partial charge is 0.251 e. The van der Waals surface area contributed by atoms with Gasteiger partial charge < -0.3 is 24.7 Å². The molecule has 1 aliphatic heterocycles. The second kappa shape index (κ2) is 9.95. The number of rotatable bonds is 8. The largest absolute Gasteiger partial charge is 0.454 e. The van der Waals surface area contributed by atoms with Crippen LogP contribution in [0, 0.1) is 0 Å². The predicted octanol–water partition coefficient (Wildman–Crippen LogP) is 3.33. The molecule has 0 unspecified atom stereocenters. The Bertz CT molecular complexity index is 1160. The van der Waals surface area contributed by atoms with Gasteiger partial charge in [0.15, 0.2) is 22.5 Å². The molecule has 2 N–H and O–H groups in total. The normalized spacial score (nSPS) is 12.1. The van der Waals surface area contributed by atoms with E-state index in [0.717, 1.165) is 5.69 Å². The Morgan fingerprint density at radius 1 is 1.09 bits per heavy atom. The van der Waals surface area contributed by atoms with E-state index in [4.69, 9.17) is 9.47 Å². The van der Waals surface area contributed by atoms with Crippen molar-refractivity contribution in [1.29, 1.82) is 0 Å². The molecular formula is C23H25N5O4S. The molecule has 0 fully saturated rings. The van der Waals surface area contributed by atoms with E-state index >= 15 is 0 Å². The quantitative estimate of drug-likeness (QED) is 0.489. The lowest BCUT2D eigenvalue weighted by molar-refractivity contribution is -0.113. The van der Waals surface area contributed by atoms with Gasteiger partial charge in [-0.3, -0.25) is 9.59 Å². The Hall–Kier alpha value is -3.53. The molecule has 1 aliphatic rings. The number of carbonyl (C=O) groups is 2. The van der Waals surface area contributed by atoms with Crippen LogP contribution in [-0.2, 0) is 18.4 Å². The average Bonchev–Trinajstić information content (AvgIpc) is 3.42. The molecule has 4 rings (SSSR count). The number of hydrogen-bond acceptors (Lipinski definition) is 7. The van der Waals surface area contributed by atoms with Crippen molar-refractivity contribution < 1.29 is 19.1 Å². The van der Waals surface area contributed by atoms with Crippen molar-refractivity contribution in [3.63, 3.8) is 0 Å². The Morgan fingerprint density at radius 3 is 2.61 bits per heavy atom. The zero-order valence-corrected chi connectivity index (χ0v) is 19.4. The Labute approximate surface area is 195 Å². The highest BCUT2D eigenvalue weighted by atomic mass is 32.2. The van der Waals surface area contributed by atoms with Crippen LogP contribution in [-0.4, -0.2) is 39.1 Å². The number of aromatic nitrogens is 3. The first-order valence-electron chi connectivity index (χ1n) is 10.5. The lowest BCUT2D eigenvalue weighted by Crippen LogP contribution is -2.24. The monoisotopic (exact) mass is 467 g/mol. The number of nitrogens with zero attached hydrogens (tertiary/aromatic N) is 3. The van der Waals surface area contributed by atoms with Crippen LogP contribution in [0.4, 0.5) is 5.69 Å². The molecule has 33 heavy (non-hydrogen) atoms. The van der Waals surface area contributed by atoms with Gasteiger partial charge in [-0.2, -0.15) is 0 Å². The number of fused-ring (bicyclic) bond motifs is 1. The molecule has 1 aromatic heterocycles. The Morgan fingerprint density at radius 2 is 1.85 bits per heavy atom. The fourth-order valence-electron chi connectivity index (χ4n) is 3.20. The number of nitrogens with one attached hydrogen (secondary N) is 2. The maximum absolute atomic E-state index is 12.5. The minimum absolute atomic E-state index is 0.127. The van der Waals surface area contributed by atoms with Crippen LogP contribution in [0.5, 0.6) is 11.5 Å². The van der Waals surface area contributed by atoms with E-state index < -0.39 is 0 Å². The van der Waals surface area contributed by atoms with Crippen LogP contribution in [0.3, 0.4) is 0 Å². The Kier molecular flexibility index (Phi) is 6.83. The highest BCUT2D eigenvalue weighted by molar-refractivity contribution is 7.99. The molecule has 2 aromatic carbocycles. The first-order chi connectivity index (χ1) is 15.9. The second-order valence-corrected chi connectivity index (χ2v) is 8.76. The van der Waals surface area contributed by atoms with E-state index in [1.54, 1.807) is 29.8 Å². The van der Waals surface area contributed by atoms with Crippen molar-refractivity contribution in [3.05, 3.63) is 59.4 Å². The highest BCUT2D eigenvalue weighted by Gasteiger charge is 2.17. The molecule has 2 heterocycles. The minimum Gasteiger partial charge on any atom is -0.454 e. The number of hydrogen-bond donors (Lipinski definition) is 2. The first-order valence-corrected chi connectivity index (χ1v) is 11.5. The van der Waals surface area contributed by atoms with Crippen molar-refractivity contribution >= 4 is 29.3 Å². The van der Waals surface area contributed by atoms with Gasteiger partial charge in [0.1, 0.15) is 0 Å². The van der Waals surface area contributed by atoms with Crippen molar-refractivity contribution in [2.45, 2.75) is 31.5 Å². The van der Waals surface area contributed by atoms with Crippen LogP contribution in [0.15, 0.2) is 47.6 Å². The van der Waals surface area contributed by atoms with Gasteiger partial charge in [-0.1, -0.05) is 37.7 Å². The van der Waals surface area contributed by atoms with Crippen LogP contribution in [0.1, 0.15) is 41.5 Å². The summed E-state index contributed by atoms with van der Waals surface area (Å²) in [5.41, 5.74) is 2.45. The maximum atomic E-state index is 12.5. The van der Waals surface area contributed by atoms with Crippen LogP contribution in [0.2, 0.25) is 0 Å². The standard InChI is InChI=1S/C23H25N5O4S/c1-14(2)15-4-7-17(8-5-15)25-21(29)12-33-23-27-26-20(28(23)3)11-24-22(30)16-6-9-18-19(10-16)32-13-31-18/h4-10,14H,11-13H2,1-3H3,(H,24,30)(H,25,29). The third kappa shape index (κ3) is 5.46. The molecule has 172 valence electrons. The molecule has 10 heteroatoms. The van der Waals surface area contributed by atoms with Crippen LogP contribution in [0.25, 0.3) is 0 Å². The van der Waals surface area contributed by atoms with Gasteiger partial charge >= 0.3 is 0 Å². The van der Waals surface area contributed by atoms with E-state index in [2.05, 4.69) is 34.7 Å². The van der Waals surface area contributed by atoms with Crippen molar-refractivity contribution in [1.82, 2.24) is 20.1 Å². The van der Waals surface area contributed by atoms with Gasteiger partial charge in [-0.05, 0) is 41.8 Å². The van der Waals surface area contributed by atoms with Gasteiger partial charge in [0, 0.05) is 18.3 Å². The van der Waals surface area contributed by atoms with Gasteiger partial charge in [0.2, 0.25) is 12.7 Å². The lowest BCUT2D eigenvalue weighted by atomic mass is 10.0. The van der Waals surface area contributed by atoms with E-state index in [1.807, 2.05) is 24.3 Å². The molecule has 0 atom stereocenters. The number of benzene rings is 2. The zero-order chi connectivity index (χ0) is 23.4. The summed E-state index contributed by atoms with van der Waals surface area (Å²) >= 11 is 1.28. The third-order valence-electron chi connectivity index (χ3n) is 5.16. The van der Waals surface area contributed by atoms with Crippen molar-refractivity contribution in [2.75, 3.05) is 17.9 Å². The van der Waals surface area contributed by atoms with E-state index in [0.29, 0.717) is 34.0 Å². The molecule has 0 bridgehead atoms. The molecule has 0 spiro atoms. The molecule has 2 amide bonds. The Balaban J connectivity index is 1.27. The topological polar surface area (TPSA) is 107 Å². The predicted molar refractivity (Wildman–Crippen MR) is 125 cm³/mol. The highest BCUT2D eigenvalue weighted by Crippen LogP contribution is 2.32. The third-order valence-corrected chi connectivity index (χ3v) is 6.18. The summed E-state index contributed by atoms with van der Waals surface area (Å²) in [6, 6.07) is 12.9. The zero-order valence-electron chi connectivity index (χ0n) is 18.6. The molecule has 0 radical (unpaired) electrons. The first kappa shape index (κ1) is 22.7. The maximum Gasteiger partial charge on any atom is 0.251 e. The number of ether oxygens (including phenoxy) is 2. The minimum atomic E-state index is -0.256. The van der Waals surface area contributed by atoms with Crippen molar-refractivity contribution in [3.8, 4) is 11.5 Å². The SMILES string of the molecule is CC(C)c1ccc(NC(=O)CSc2nnc(CNC(=O)c3ccc4c(c3)OCO4)n2C)cc1. The van der Waals surface area contributed by atoms with Crippen LogP contribution < -0.4 is 20.1 Å². The number of amides is 2. The van der Waals surface area contributed by atoms with Crippen LogP contribution >= 0.6 is 11.8 Å². The van der Waals surface area contributed by atoms with E-state index in [9.17, 15) is 9.59 Å². The van der Waals surface area contributed by atoms with Gasteiger partial charge in [0.25, 0.3) is 5.91 Å². The van der Waals surface area contributed by atoms with E-state index in [-0.39, 0.29) is 30.9 Å². The summed E-state index contributed by atoms with van der Waals surface area (Å²) < 4.78 is 12.3. The molecule has 3 aromatic rings. The fourth-order valence-corrected chi connectivity index (χ4v) is 3.93. The summed E-state index contributed by atoms with van der Waals surface area (Å²) in [4.78, 5) is 24.8. The fraction of sp³-hybridized carbons (Fsp3) is 0.304. The van der Waals surface area contributed by atoms with Gasteiger partial charge in [-0.15, -0.1) is 10.2 Å². The second-order valence-electron chi connectivity index (χ2n) is 7.82. The summed E-state index contributed by atoms with van der Waals surface area (Å²) in [5, 5.41) is 14.6. The summed E-state index contributed by atoms with van der Waals surface area (Å²) in [6.45, 7) is 4.61. The average molecular weight is 468 g/mol. The van der Waals surface area contributed by atoms with E-state index in [1.165, 1.54) is 17.3 Å². The molecular weight excluding hydrogens is 442 g/mol. The number of thioether (sulfide) groups is 1. The molecule has 9 nitrogen and oxygen atoms in total. The summed E-state index contributed by atoms with van der Waals surface area (Å²) in [6.07, 6.45) is 0. The van der Waals surface area contributed by atoms with Gasteiger partial charge in [-0.25, -0.2) is 0 Å². The lowest BCUT2D eigenvalue weighted by Gasteiger charge is -2.08. The van der Waals surface area contributed by atoms with Gasteiger partial charge in [0.05, 0.1) is 12.3 Å². The molecule has 0 saturated carbocycles. The molecule has 0 saturated heterocycles. The summed E-state index contributed by atoms with van der Waals surface area (Å²) in [7, 11) is 1.80.